The number of carbonyl (C=O) groups is 1. The van der Waals surface area contributed by atoms with E-state index >= 15 is 0 Å². The van der Waals surface area contributed by atoms with E-state index in [2.05, 4.69) is 10.1 Å². The lowest BCUT2D eigenvalue weighted by molar-refractivity contribution is 0.101. The predicted molar refractivity (Wildman–Crippen MR) is 84.5 cm³/mol. The van der Waals surface area contributed by atoms with Crippen LogP contribution in [0.15, 0.2) is 47.1 Å². The van der Waals surface area contributed by atoms with Crippen LogP contribution >= 0.6 is 0 Å². The number of benzene rings is 1. The van der Waals surface area contributed by atoms with Gasteiger partial charge in [0.25, 0.3) is 0 Å². The molecule has 0 aliphatic heterocycles. The Morgan fingerprint density at radius 3 is 2.74 bits per heavy atom. The fraction of sp³-hybridized carbons (Fsp3) is 0.118. The molecule has 23 heavy (non-hydrogen) atoms. The SMILES string of the molecule is CCn1ncc2c3oc(C(=O)c4ccccc4)c(O)c3cnc21. The normalized spacial score (nSPS) is 11.3. The van der Waals surface area contributed by atoms with Crippen molar-refractivity contribution in [1.82, 2.24) is 14.8 Å². The molecule has 0 unspecified atom stereocenters. The molecule has 1 N–H and O–H groups in total. The largest absolute Gasteiger partial charge is 0.504 e. The summed E-state index contributed by atoms with van der Waals surface area (Å²) in [6.07, 6.45) is 3.14. The van der Waals surface area contributed by atoms with Gasteiger partial charge in [0.15, 0.2) is 17.0 Å². The maximum absolute atomic E-state index is 12.5. The Morgan fingerprint density at radius 2 is 2.00 bits per heavy atom. The topological polar surface area (TPSA) is 81.2 Å². The van der Waals surface area contributed by atoms with Crippen LogP contribution in [0.25, 0.3) is 22.0 Å². The van der Waals surface area contributed by atoms with Crippen LogP contribution in [0.3, 0.4) is 0 Å². The monoisotopic (exact) mass is 307 g/mol. The zero-order valence-corrected chi connectivity index (χ0v) is 12.4. The molecule has 0 radical (unpaired) electrons. The van der Waals surface area contributed by atoms with E-state index in [0.29, 0.717) is 34.1 Å². The zero-order chi connectivity index (χ0) is 16.0. The maximum Gasteiger partial charge on any atom is 0.232 e. The van der Waals surface area contributed by atoms with Gasteiger partial charge in [-0.2, -0.15) is 5.10 Å². The molecular weight excluding hydrogens is 294 g/mol. The van der Waals surface area contributed by atoms with Crippen molar-refractivity contribution >= 4 is 27.8 Å². The number of furan rings is 1. The van der Waals surface area contributed by atoms with Gasteiger partial charge < -0.3 is 9.52 Å². The highest BCUT2D eigenvalue weighted by Gasteiger charge is 2.23. The lowest BCUT2D eigenvalue weighted by atomic mass is 10.1. The molecule has 114 valence electrons. The van der Waals surface area contributed by atoms with Crippen molar-refractivity contribution in [2.24, 2.45) is 0 Å². The van der Waals surface area contributed by atoms with Gasteiger partial charge in [0.1, 0.15) is 0 Å². The first-order valence-corrected chi connectivity index (χ1v) is 7.26. The average Bonchev–Trinajstić information content (AvgIpc) is 3.16. The molecule has 4 aromatic rings. The Morgan fingerprint density at radius 1 is 1.22 bits per heavy atom. The molecule has 3 heterocycles. The summed E-state index contributed by atoms with van der Waals surface area (Å²) < 4.78 is 7.42. The standard InChI is InChI=1S/C17H13N3O3/c1-2-20-17-12(9-19-20)15-11(8-18-17)14(22)16(23-15)13(21)10-6-4-3-5-7-10/h3-9,22H,2H2,1H3. The Labute approximate surface area is 131 Å². The Hall–Kier alpha value is -3.15. The second kappa shape index (κ2) is 4.95. The van der Waals surface area contributed by atoms with E-state index in [1.54, 1.807) is 35.1 Å². The first-order chi connectivity index (χ1) is 11.2. The molecule has 6 nitrogen and oxygen atoms in total. The fourth-order valence-electron chi connectivity index (χ4n) is 2.66. The van der Waals surface area contributed by atoms with Crippen molar-refractivity contribution in [1.29, 1.82) is 0 Å². The first kappa shape index (κ1) is 13.5. The number of hydrogen-bond acceptors (Lipinski definition) is 5. The van der Waals surface area contributed by atoms with Crippen LogP contribution in [-0.4, -0.2) is 25.7 Å². The Kier molecular flexibility index (Phi) is 2.90. The molecular formula is C17H13N3O3. The molecule has 0 amide bonds. The molecule has 6 heteroatoms. The predicted octanol–water partition coefficient (Wildman–Crippen LogP) is 3.13. The third-order valence-corrected chi connectivity index (χ3v) is 3.83. The summed E-state index contributed by atoms with van der Waals surface area (Å²) in [4.78, 5) is 16.9. The molecule has 4 rings (SSSR count). The van der Waals surface area contributed by atoms with Crippen molar-refractivity contribution in [2.75, 3.05) is 0 Å². The summed E-state index contributed by atoms with van der Waals surface area (Å²) in [6.45, 7) is 2.63. The minimum absolute atomic E-state index is 0.0789. The van der Waals surface area contributed by atoms with Gasteiger partial charge in [0.2, 0.25) is 11.5 Å². The molecule has 1 aromatic carbocycles. The van der Waals surface area contributed by atoms with Crippen molar-refractivity contribution in [3.63, 3.8) is 0 Å². The van der Waals surface area contributed by atoms with E-state index < -0.39 is 0 Å². The Balaban J connectivity index is 1.95. The second-order valence-corrected chi connectivity index (χ2v) is 5.17. The number of pyridine rings is 1. The van der Waals surface area contributed by atoms with Crippen LogP contribution in [0, 0.1) is 0 Å². The highest BCUT2D eigenvalue weighted by atomic mass is 16.4. The highest BCUT2D eigenvalue weighted by Crippen LogP contribution is 2.36. The van der Waals surface area contributed by atoms with Gasteiger partial charge in [0, 0.05) is 18.3 Å². The maximum atomic E-state index is 12.5. The van der Waals surface area contributed by atoms with Crippen LogP contribution in [0.4, 0.5) is 0 Å². The lowest BCUT2D eigenvalue weighted by Gasteiger charge is -1.97. The Bertz CT molecular complexity index is 1030. The van der Waals surface area contributed by atoms with Crippen molar-refractivity contribution in [3.05, 3.63) is 54.0 Å². The first-order valence-electron chi connectivity index (χ1n) is 7.26. The zero-order valence-electron chi connectivity index (χ0n) is 12.4. The molecule has 0 bridgehead atoms. The number of rotatable bonds is 3. The summed E-state index contributed by atoms with van der Waals surface area (Å²) in [5.41, 5.74) is 1.54. The quantitative estimate of drug-likeness (QED) is 0.588. The molecule has 0 saturated heterocycles. The number of nitrogens with zero attached hydrogens (tertiary/aromatic N) is 3. The lowest BCUT2D eigenvalue weighted by Crippen LogP contribution is -1.99. The summed E-state index contributed by atoms with van der Waals surface area (Å²) in [6, 6.07) is 8.70. The summed E-state index contributed by atoms with van der Waals surface area (Å²) in [5, 5.41) is 15.7. The third-order valence-electron chi connectivity index (χ3n) is 3.83. The molecule has 3 aromatic heterocycles. The van der Waals surface area contributed by atoms with Gasteiger partial charge in [-0.25, -0.2) is 9.67 Å². The van der Waals surface area contributed by atoms with Crippen LogP contribution < -0.4 is 0 Å². The summed E-state index contributed by atoms with van der Waals surface area (Å²) in [7, 11) is 0. The van der Waals surface area contributed by atoms with Gasteiger partial charge in [-0.15, -0.1) is 0 Å². The van der Waals surface area contributed by atoms with Crippen molar-refractivity contribution < 1.29 is 14.3 Å². The molecule has 0 saturated carbocycles. The molecule has 0 spiro atoms. The third kappa shape index (κ3) is 1.92. The van der Waals surface area contributed by atoms with Crippen molar-refractivity contribution in [3.8, 4) is 5.75 Å². The summed E-state index contributed by atoms with van der Waals surface area (Å²) >= 11 is 0. The molecule has 0 atom stereocenters. The second-order valence-electron chi connectivity index (χ2n) is 5.17. The minimum atomic E-state index is -0.365. The van der Waals surface area contributed by atoms with E-state index in [1.807, 2.05) is 13.0 Å². The van der Waals surface area contributed by atoms with Crippen LogP contribution in [0.2, 0.25) is 0 Å². The van der Waals surface area contributed by atoms with Crippen LogP contribution in [-0.2, 0) is 6.54 Å². The molecule has 0 fully saturated rings. The number of aromatic nitrogens is 3. The number of hydrogen-bond donors (Lipinski definition) is 1. The van der Waals surface area contributed by atoms with E-state index in [4.69, 9.17) is 4.42 Å². The van der Waals surface area contributed by atoms with E-state index in [0.717, 1.165) is 0 Å². The number of fused-ring (bicyclic) bond motifs is 3. The van der Waals surface area contributed by atoms with Gasteiger partial charge in [-0.3, -0.25) is 4.79 Å². The van der Waals surface area contributed by atoms with Gasteiger partial charge in [0.05, 0.1) is 17.0 Å². The van der Waals surface area contributed by atoms with E-state index in [1.165, 1.54) is 6.20 Å². The highest BCUT2D eigenvalue weighted by molar-refractivity contribution is 6.14. The summed E-state index contributed by atoms with van der Waals surface area (Å²) in [5.74, 6) is -0.632. The molecule has 0 aliphatic carbocycles. The fourth-order valence-corrected chi connectivity index (χ4v) is 2.66. The van der Waals surface area contributed by atoms with E-state index in [-0.39, 0.29) is 17.3 Å². The molecule has 0 aliphatic rings. The van der Waals surface area contributed by atoms with Crippen molar-refractivity contribution in [2.45, 2.75) is 13.5 Å². The minimum Gasteiger partial charge on any atom is -0.504 e. The van der Waals surface area contributed by atoms with Gasteiger partial charge in [-0.1, -0.05) is 30.3 Å². The number of ketones is 1. The number of carbonyl (C=O) groups excluding carboxylic acids is 1. The van der Waals surface area contributed by atoms with E-state index in [9.17, 15) is 9.90 Å². The van der Waals surface area contributed by atoms with Crippen LogP contribution in [0.5, 0.6) is 5.75 Å². The number of aryl methyl sites for hydroxylation is 1. The number of aromatic hydroxyl groups is 1. The smallest absolute Gasteiger partial charge is 0.232 e. The van der Waals surface area contributed by atoms with Gasteiger partial charge in [-0.05, 0) is 6.92 Å². The van der Waals surface area contributed by atoms with Crippen LogP contribution in [0.1, 0.15) is 23.0 Å². The average molecular weight is 307 g/mol. The van der Waals surface area contributed by atoms with Gasteiger partial charge >= 0.3 is 0 Å².